The Labute approximate surface area is 135 Å². The summed E-state index contributed by atoms with van der Waals surface area (Å²) in [6, 6.07) is 4.71. The molecule has 1 atom stereocenters. The lowest BCUT2D eigenvalue weighted by Crippen LogP contribution is -2.51. The van der Waals surface area contributed by atoms with Crippen LogP contribution < -0.4 is 5.14 Å². The van der Waals surface area contributed by atoms with E-state index in [2.05, 4.69) is 4.90 Å². The zero-order valence-electron chi connectivity index (χ0n) is 12.1. The van der Waals surface area contributed by atoms with Gasteiger partial charge in [0.2, 0.25) is 10.0 Å². The number of sulfonamides is 1. The maximum Gasteiger partial charge on any atom is 0.238 e. The highest BCUT2D eigenvalue weighted by atomic mass is 35.5. The molecule has 1 spiro atoms. The van der Waals surface area contributed by atoms with Crippen LogP contribution in [0.2, 0.25) is 5.02 Å². The number of nitrogens with zero attached hydrogens (tertiary/aromatic N) is 1. The molecule has 2 fully saturated rings. The van der Waals surface area contributed by atoms with Gasteiger partial charge in [-0.3, -0.25) is 4.90 Å². The first-order chi connectivity index (χ1) is 10.4. The molecule has 2 aliphatic rings. The number of hydrogen-bond acceptors (Lipinski definition) is 5. The molecule has 0 bridgehead atoms. The van der Waals surface area contributed by atoms with Gasteiger partial charge in [0, 0.05) is 37.7 Å². The summed E-state index contributed by atoms with van der Waals surface area (Å²) in [5.41, 5.74) is 0.604. The molecule has 1 aromatic rings. The summed E-state index contributed by atoms with van der Waals surface area (Å²) < 4.78 is 34.3. The van der Waals surface area contributed by atoms with Crippen LogP contribution in [0.4, 0.5) is 0 Å². The lowest BCUT2D eigenvalue weighted by atomic mass is 10.0. The van der Waals surface area contributed by atoms with Crippen molar-refractivity contribution in [3.8, 4) is 0 Å². The van der Waals surface area contributed by atoms with Crippen molar-refractivity contribution in [1.29, 1.82) is 0 Å². The predicted molar refractivity (Wildman–Crippen MR) is 82.2 cm³/mol. The van der Waals surface area contributed by atoms with Crippen LogP contribution >= 0.6 is 11.6 Å². The molecule has 2 N–H and O–H groups in total. The van der Waals surface area contributed by atoms with Gasteiger partial charge in [-0.1, -0.05) is 11.6 Å². The van der Waals surface area contributed by atoms with E-state index < -0.39 is 10.0 Å². The van der Waals surface area contributed by atoms with Gasteiger partial charge in [-0.25, -0.2) is 13.6 Å². The summed E-state index contributed by atoms with van der Waals surface area (Å²) in [6.07, 6.45) is 0.890. The van der Waals surface area contributed by atoms with Crippen molar-refractivity contribution in [2.24, 2.45) is 5.14 Å². The number of nitrogens with two attached hydrogens (primary N) is 1. The van der Waals surface area contributed by atoms with Crippen molar-refractivity contribution in [3.05, 3.63) is 28.8 Å². The first-order valence-electron chi connectivity index (χ1n) is 7.13. The highest BCUT2D eigenvalue weighted by molar-refractivity contribution is 7.89. The molecular weight excluding hydrogens is 328 g/mol. The van der Waals surface area contributed by atoms with Crippen LogP contribution in [0.15, 0.2) is 23.1 Å². The van der Waals surface area contributed by atoms with E-state index in [1.807, 2.05) is 0 Å². The smallest absolute Gasteiger partial charge is 0.238 e. The van der Waals surface area contributed by atoms with Gasteiger partial charge < -0.3 is 9.47 Å². The minimum absolute atomic E-state index is 0.0437. The van der Waals surface area contributed by atoms with Crippen LogP contribution in [0, 0.1) is 0 Å². The molecule has 3 rings (SSSR count). The molecule has 1 aromatic carbocycles. The molecule has 0 aliphatic carbocycles. The van der Waals surface area contributed by atoms with Crippen molar-refractivity contribution >= 4 is 21.6 Å². The number of ether oxygens (including phenoxy) is 2. The average molecular weight is 347 g/mol. The molecule has 0 aromatic heterocycles. The number of rotatable bonds is 3. The van der Waals surface area contributed by atoms with Gasteiger partial charge >= 0.3 is 0 Å². The number of primary sulfonamides is 1. The van der Waals surface area contributed by atoms with Gasteiger partial charge in [0.05, 0.1) is 18.1 Å². The number of hydrogen-bond donors (Lipinski definition) is 1. The second-order valence-electron chi connectivity index (χ2n) is 5.88. The first kappa shape index (κ1) is 16.2. The van der Waals surface area contributed by atoms with E-state index in [0.717, 1.165) is 31.7 Å². The molecule has 2 saturated heterocycles. The molecule has 6 nitrogen and oxygen atoms in total. The first-order valence-corrected chi connectivity index (χ1v) is 9.05. The summed E-state index contributed by atoms with van der Waals surface area (Å²) >= 11 is 6.01. The minimum Gasteiger partial charge on any atom is -0.378 e. The maximum absolute atomic E-state index is 11.5. The van der Waals surface area contributed by atoms with Crippen molar-refractivity contribution in [3.63, 3.8) is 0 Å². The largest absolute Gasteiger partial charge is 0.378 e. The SMILES string of the molecule is NS(=O)(=O)c1cc(Cl)cc(CN2CCOC3(CCOC3)C2)c1. The Morgan fingerprint density at radius 3 is 2.82 bits per heavy atom. The Bertz CT molecular complexity index is 659. The number of morpholine rings is 1. The Morgan fingerprint density at radius 2 is 2.14 bits per heavy atom. The third-order valence-corrected chi connectivity index (χ3v) is 5.17. The highest BCUT2D eigenvalue weighted by Crippen LogP contribution is 2.28. The van der Waals surface area contributed by atoms with Crippen LogP contribution in [0.25, 0.3) is 0 Å². The topological polar surface area (TPSA) is 81.9 Å². The summed E-state index contributed by atoms with van der Waals surface area (Å²) in [6.45, 7) is 4.14. The molecule has 122 valence electrons. The fourth-order valence-corrected chi connectivity index (χ4v) is 3.95. The van der Waals surface area contributed by atoms with Crippen molar-refractivity contribution in [2.75, 3.05) is 32.9 Å². The van der Waals surface area contributed by atoms with Gasteiger partial charge in [-0.15, -0.1) is 0 Å². The van der Waals surface area contributed by atoms with Gasteiger partial charge in [0.1, 0.15) is 5.60 Å². The van der Waals surface area contributed by atoms with Crippen molar-refractivity contribution in [2.45, 2.75) is 23.5 Å². The molecule has 0 amide bonds. The van der Waals surface area contributed by atoms with Crippen LogP contribution in [0.1, 0.15) is 12.0 Å². The zero-order chi connectivity index (χ0) is 15.8. The molecule has 1 unspecified atom stereocenters. The standard InChI is InChI=1S/C14H19ClN2O4S/c15-12-5-11(6-13(7-12)22(16,18)19)8-17-2-4-21-14(9-17)1-3-20-10-14/h5-7H,1-4,8-10H2,(H2,16,18,19). The Balaban J connectivity index is 1.77. The van der Waals surface area contributed by atoms with E-state index in [9.17, 15) is 8.42 Å². The minimum atomic E-state index is -3.76. The fraction of sp³-hybridized carbons (Fsp3) is 0.571. The zero-order valence-corrected chi connectivity index (χ0v) is 13.7. The normalized spacial score (nSPS) is 26.6. The van der Waals surface area contributed by atoms with E-state index >= 15 is 0 Å². The molecule has 0 radical (unpaired) electrons. The molecule has 2 aliphatic heterocycles. The number of benzene rings is 1. The summed E-state index contributed by atoms with van der Waals surface area (Å²) in [4.78, 5) is 2.28. The van der Waals surface area contributed by atoms with E-state index in [-0.39, 0.29) is 10.5 Å². The molecule has 22 heavy (non-hydrogen) atoms. The van der Waals surface area contributed by atoms with Gasteiger partial charge in [0.25, 0.3) is 0 Å². The summed E-state index contributed by atoms with van der Waals surface area (Å²) in [5, 5.41) is 5.55. The van der Waals surface area contributed by atoms with E-state index in [4.69, 9.17) is 26.2 Å². The van der Waals surface area contributed by atoms with E-state index in [1.54, 1.807) is 12.1 Å². The van der Waals surface area contributed by atoms with Gasteiger partial charge in [-0.05, 0) is 23.8 Å². The molecular formula is C14H19ClN2O4S. The molecule has 0 saturated carbocycles. The average Bonchev–Trinajstić information content (AvgIpc) is 2.85. The van der Waals surface area contributed by atoms with E-state index in [1.165, 1.54) is 6.07 Å². The summed E-state index contributed by atoms with van der Waals surface area (Å²) in [7, 11) is -3.76. The van der Waals surface area contributed by atoms with E-state index in [0.29, 0.717) is 24.8 Å². The van der Waals surface area contributed by atoms with Crippen molar-refractivity contribution < 1.29 is 17.9 Å². The third kappa shape index (κ3) is 3.61. The Morgan fingerprint density at radius 1 is 1.32 bits per heavy atom. The molecule has 8 heteroatoms. The maximum atomic E-state index is 11.5. The van der Waals surface area contributed by atoms with Gasteiger partial charge in [0.15, 0.2) is 0 Å². The second-order valence-corrected chi connectivity index (χ2v) is 7.88. The van der Waals surface area contributed by atoms with Gasteiger partial charge in [-0.2, -0.15) is 0 Å². The second kappa shape index (κ2) is 6.07. The Kier molecular flexibility index (Phi) is 4.46. The van der Waals surface area contributed by atoms with Crippen LogP contribution in [-0.4, -0.2) is 51.8 Å². The predicted octanol–water partition coefficient (Wildman–Crippen LogP) is 0.979. The monoisotopic (exact) mass is 346 g/mol. The lowest BCUT2D eigenvalue weighted by Gasteiger charge is -2.39. The highest BCUT2D eigenvalue weighted by Gasteiger charge is 2.40. The third-order valence-electron chi connectivity index (χ3n) is 4.06. The van der Waals surface area contributed by atoms with Crippen LogP contribution in [0.5, 0.6) is 0 Å². The molecule has 2 heterocycles. The Hall–Kier alpha value is -0.700. The lowest BCUT2D eigenvalue weighted by molar-refractivity contribution is -0.111. The van der Waals surface area contributed by atoms with Crippen molar-refractivity contribution in [1.82, 2.24) is 4.90 Å². The summed E-state index contributed by atoms with van der Waals surface area (Å²) in [5.74, 6) is 0. The van der Waals surface area contributed by atoms with Crippen LogP contribution in [0.3, 0.4) is 0 Å². The van der Waals surface area contributed by atoms with Crippen LogP contribution in [-0.2, 0) is 26.0 Å². The number of halogens is 1. The quantitative estimate of drug-likeness (QED) is 0.882. The fourth-order valence-electron chi connectivity index (χ4n) is 3.02.